The fourth-order valence-corrected chi connectivity index (χ4v) is 1.78. The Labute approximate surface area is 83.6 Å². The summed E-state index contributed by atoms with van der Waals surface area (Å²) in [5.41, 5.74) is 8.83. The number of nitrogens with zero attached hydrogens (tertiary/aromatic N) is 1. The van der Waals surface area contributed by atoms with E-state index in [1.54, 1.807) is 11.3 Å². The molecule has 12 heavy (non-hydrogen) atoms. The van der Waals surface area contributed by atoms with Crippen LogP contribution in [0.3, 0.4) is 0 Å². The van der Waals surface area contributed by atoms with Gasteiger partial charge in [-0.3, -0.25) is 0 Å². The van der Waals surface area contributed by atoms with Gasteiger partial charge in [-0.1, -0.05) is 6.92 Å². The molecule has 0 spiro atoms. The number of hydrogen-bond acceptors (Lipinski definition) is 3. The van der Waals surface area contributed by atoms with Gasteiger partial charge < -0.3 is 5.73 Å². The van der Waals surface area contributed by atoms with Gasteiger partial charge in [0.15, 0.2) is 0 Å². The van der Waals surface area contributed by atoms with Crippen molar-refractivity contribution in [1.82, 2.24) is 4.98 Å². The lowest BCUT2D eigenvalue weighted by molar-refractivity contribution is 0.649. The van der Waals surface area contributed by atoms with E-state index < -0.39 is 0 Å². The second-order valence-corrected chi connectivity index (χ2v) is 3.67. The summed E-state index contributed by atoms with van der Waals surface area (Å²) in [5, 5.41) is 0. The Bertz CT molecular complexity index is 225. The van der Waals surface area contributed by atoms with Crippen molar-refractivity contribution in [2.75, 3.05) is 0 Å². The van der Waals surface area contributed by atoms with Gasteiger partial charge in [-0.2, -0.15) is 0 Å². The van der Waals surface area contributed by atoms with Crippen LogP contribution in [0.15, 0.2) is 5.51 Å². The Morgan fingerprint density at radius 3 is 2.75 bits per heavy atom. The molecule has 1 aromatic heterocycles. The van der Waals surface area contributed by atoms with Gasteiger partial charge in [-0.25, -0.2) is 4.98 Å². The van der Waals surface area contributed by atoms with Crippen LogP contribution in [-0.2, 0) is 6.42 Å². The lowest BCUT2D eigenvalue weighted by Crippen LogP contribution is -2.21. The minimum absolute atomic E-state index is 0. The highest BCUT2D eigenvalue weighted by Crippen LogP contribution is 2.14. The average Bonchev–Trinajstić information content (AvgIpc) is 2.37. The first kappa shape index (κ1) is 11.9. The predicted octanol–water partition coefficient (Wildman–Crippen LogP) is 2.15. The molecule has 0 bridgehead atoms. The van der Waals surface area contributed by atoms with Crippen molar-refractivity contribution in [3.63, 3.8) is 0 Å². The van der Waals surface area contributed by atoms with Crippen LogP contribution in [0.1, 0.15) is 23.9 Å². The van der Waals surface area contributed by atoms with Gasteiger partial charge in [-0.05, 0) is 19.8 Å². The predicted molar refractivity (Wildman–Crippen MR) is 56.1 cm³/mol. The highest BCUT2D eigenvalue weighted by molar-refractivity contribution is 7.09. The van der Waals surface area contributed by atoms with Crippen LogP contribution in [0, 0.1) is 6.92 Å². The summed E-state index contributed by atoms with van der Waals surface area (Å²) < 4.78 is 0. The van der Waals surface area contributed by atoms with Gasteiger partial charge in [0.05, 0.1) is 11.2 Å². The summed E-state index contributed by atoms with van der Waals surface area (Å²) in [4.78, 5) is 5.50. The van der Waals surface area contributed by atoms with Crippen LogP contribution < -0.4 is 5.73 Å². The van der Waals surface area contributed by atoms with E-state index in [0.29, 0.717) is 6.04 Å². The lowest BCUT2D eigenvalue weighted by atomic mass is 10.1. The summed E-state index contributed by atoms with van der Waals surface area (Å²) in [6, 6.07) is 0.300. The number of rotatable bonds is 3. The number of aryl methyl sites for hydroxylation is 1. The van der Waals surface area contributed by atoms with E-state index in [4.69, 9.17) is 5.73 Å². The molecule has 4 heteroatoms. The first-order valence-corrected chi connectivity index (χ1v) is 4.76. The smallest absolute Gasteiger partial charge is 0.0797 e. The molecule has 0 fully saturated rings. The molecule has 0 aliphatic carbocycles. The Balaban J connectivity index is 0.00000121. The molecule has 0 amide bonds. The molecule has 0 saturated carbocycles. The summed E-state index contributed by atoms with van der Waals surface area (Å²) in [5.74, 6) is 0. The summed E-state index contributed by atoms with van der Waals surface area (Å²) in [6.45, 7) is 4.15. The normalized spacial score (nSPS) is 12.2. The van der Waals surface area contributed by atoms with Gasteiger partial charge in [0.25, 0.3) is 0 Å². The molecule has 0 aromatic carbocycles. The van der Waals surface area contributed by atoms with E-state index in [1.165, 1.54) is 4.88 Å². The number of thiazole rings is 1. The number of aromatic nitrogens is 1. The molecular weight excluding hydrogens is 192 g/mol. The molecule has 1 rings (SSSR count). The molecule has 2 N–H and O–H groups in total. The third kappa shape index (κ3) is 3.09. The van der Waals surface area contributed by atoms with E-state index in [0.717, 1.165) is 18.5 Å². The lowest BCUT2D eigenvalue weighted by Gasteiger charge is -2.05. The standard InChI is InChI=1S/C8H14N2S.ClH/c1-3-7(9)4-8-6(2)10-5-11-8;/h5,7H,3-4,9H2,1-2H3;1H. The highest BCUT2D eigenvalue weighted by atomic mass is 35.5. The van der Waals surface area contributed by atoms with Crippen LogP contribution in [-0.4, -0.2) is 11.0 Å². The fraction of sp³-hybridized carbons (Fsp3) is 0.625. The van der Waals surface area contributed by atoms with Crippen LogP contribution in [0.25, 0.3) is 0 Å². The summed E-state index contributed by atoms with van der Waals surface area (Å²) in [7, 11) is 0. The zero-order chi connectivity index (χ0) is 8.27. The maximum absolute atomic E-state index is 5.81. The van der Waals surface area contributed by atoms with E-state index in [9.17, 15) is 0 Å². The highest BCUT2D eigenvalue weighted by Gasteiger charge is 2.05. The van der Waals surface area contributed by atoms with Crippen LogP contribution in [0.2, 0.25) is 0 Å². The van der Waals surface area contributed by atoms with E-state index in [-0.39, 0.29) is 12.4 Å². The fourth-order valence-electron chi connectivity index (χ4n) is 0.905. The molecule has 0 saturated heterocycles. The zero-order valence-electron chi connectivity index (χ0n) is 7.41. The second-order valence-electron chi connectivity index (χ2n) is 2.73. The summed E-state index contributed by atoms with van der Waals surface area (Å²) in [6.07, 6.45) is 2.02. The van der Waals surface area contributed by atoms with E-state index in [1.807, 2.05) is 12.4 Å². The van der Waals surface area contributed by atoms with Crippen LogP contribution in [0.5, 0.6) is 0 Å². The molecule has 70 valence electrons. The van der Waals surface area contributed by atoms with Crippen molar-refractivity contribution < 1.29 is 0 Å². The minimum atomic E-state index is 0. The molecule has 0 aliphatic heterocycles. The largest absolute Gasteiger partial charge is 0.327 e. The van der Waals surface area contributed by atoms with Crippen molar-refractivity contribution in [3.05, 3.63) is 16.1 Å². The topological polar surface area (TPSA) is 38.9 Å². The van der Waals surface area contributed by atoms with Gasteiger partial charge in [0.2, 0.25) is 0 Å². The van der Waals surface area contributed by atoms with Crippen LogP contribution >= 0.6 is 23.7 Å². The molecule has 1 unspecified atom stereocenters. The van der Waals surface area contributed by atoms with Crippen molar-refractivity contribution in [2.45, 2.75) is 32.7 Å². The van der Waals surface area contributed by atoms with Crippen molar-refractivity contribution in [3.8, 4) is 0 Å². The number of halogens is 1. The maximum atomic E-state index is 5.81. The average molecular weight is 207 g/mol. The van der Waals surface area contributed by atoms with Crippen molar-refractivity contribution in [2.24, 2.45) is 5.73 Å². The quantitative estimate of drug-likeness (QED) is 0.823. The minimum Gasteiger partial charge on any atom is -0.327 e. The number of nitrogens with two attached hydrogens (primary N) is 1. The first-order valence-electron chi connectivity index (χ1n) is 3.88. The van der Waals surface area contributed by atoms with Crippen LogP contribution in [0.4, 0.5) is 0 Å². The van der Waals surface area contributed by atoms with Gasteiger partial charge in [-0.15, -0.1) is 23.7 Å². The number of hydrogen-bond donors (Lipinski definition) is 1. The monoisotopic (exact) mass is 206 g/mol. The SMILES string of the molecule is CCC(N)Cc1scnc1C.Cl. The molecule has 0 radical (unpaired) electrons. The zero-order valence-corrected chi connectivity index (χ0v) is 9.04. The Morgan fingerprint density at radius 1 is 1.67 bits per heavy atom. The Morgan fingerprint density at radius 2 is 2.33 bits per heavy atom. The third-order valence-electron chi connectivity index (χ3n) is 1.82. The second kappa shape index (κ2) is 5.51. The molecule has 0 aliphatic rings. The Kier molecular flexibility index (Phi) is 5.46. The summed E-state index contributed by atoms with van der Waals surface area (Å²) >= 11 is 1.70. The van der Waals surface area contributed by atoms with Gasteiger partial charge in [0.1, 0.15) is 0 Å². The molecule has 2 nitrogen and oxygen atoms in total. The van der Waals surface area contributed by atoms with E-state index in [2.05, 4.69) is 11.9 Å². The van der Waals surface area contributed by atoms with Crippen molar-refractivity contribution in [1.29, 1.82) is 0 Å². The van der Waals surface area contributed by atoms with Gasteiger partial charge >= 0.3 is 0 Å². The van der Waals surface area contributed by atoms with E-state index >= 15 is 0 Å². The molecule has 1 atom stereocenters. The third-order valence-corrected chi connectivity index (χ3v) is 2.77. The first-order chi connectivity index (χ1) is 5.24. The Hall–Kier alpha value is -0.120. The molecular formula is C8H15ClN2S. The molecule has 1 heterocycles. The van der Waals surface area contributed by atoms with Crippen molar-refractivity contribution >= 4 is 23.7 Å². The molecule has 1 aromatic rings. The maximum Gasteiger partial charge on any atom is 0.0797 e. The van der Waals surface area contributed by atoms with Gasteiger partial charge in [0, 0.05) is 10.9 Å².